The van der Waals surface area contributed by atoms with E-state index in [9.17, 15) is 18.8 Å². The molecule has 0 aliphatic rings. The van der Waals surface area contributed by atoms with Gasteiger partial charge in [-0.05, 0) is 36.8 Å². The van der Waals surface area contributed by atoms with Gasteiger partial charge in [0.05, 0.1) is 24.8 Å². The number of nitrogens with one attached hydrogen (secondary N) is 2. The van der Waals surface area contributed by atoms with Crippen LogP contribution in [0.4, 0.5) is 10.1 Å². The molecule has 130 valence electrons. The lowest BCUT2D eigenvalue weighted by Crippen LogP contribution is -2.33. The summed E-state index contributed by atoms with van der Waals surface area (Å²) in [7, 11) is 1.26. The average Bonchev–Trinajstić information content (AvgIpc) is 2.61. The Morgan fingerprint density at radius 1 is 1.12 bits per heavy atom. The number of aryl methyl sites for hydroxylation is 1. The van der Waals surface area contributed by atoms with Gasteiger partial charge in [0.25, 0.3) is 5.91 Å². The van der Waals surface area contributed by atoms with Crippen LogP contribution in [0.25, 0.3) is 0 Å². The summed E-state index contributed by atoms with van der Waals surface area (Å²) < 4.78 is 18.1. The van der Waals surface area contributed by atoms with Crippen molar-refractivity contribution in [1.29, 1.82) is 0 Å². The molecule has 0 radical (unpaired) electrons. The minimum Gasteiger partial charge on any atom is -0.465 e. The molecule has 2 amide bonds. The SMILES string of the molecule is COC(=O)c1ccc(C)c(NC(=O)CNC(=O)c2ccccc2F)c1. The summed E-state index contributed by atoms with van der Waals surface area (Å²) in [6.07, 6.45) is 0. The van der Waals surface area contributed by atoms with Gasteiger partial charge in [-0.2, -0.15) is 0 Å². The van der Waals surface area contributed by atoms with Crippen molar-refractivity contribution >= 4 is 23.5 Å². The van der Waals surface area contributed by atoms with Crippen molar-refractivity contribution in [3.63, 3.8) is 0 Å². The molecule has 0 unspecified atom stereocenters. The zero-order chi connectivity index (χ0) is 18.4. The number of ether oxygens (including phenoxy) is 1. The van der Waals surface area contributed by atoms with E-state index in [1.54, 1.807) is 19.1 Å². The highest BCUT2D eigenvalue weighted by Crippen LogP contribution is 2.17. The molecule has 2 aromatic carbocycles. The monoisotopic (exact) mass is 344 g/mol. The molecule has 0 aliphatic heterocycles. The van der Waals surface area contributed by atoms with Crippen molar-refractivity contribution in [3.05, 3.63) is 65.0 Å². The minimum atomic E-state index is -0.687. The van der Waals surface area contributed by atoms with E-state index in [4.69, 9.17) is 0 Å². The highest BCUT2D eigenvalue weighted by molar-refractivity contribution is 6.00. The number of hydrogen-bond donors (Lipinski definition) is 2. The third kappa shape index (κ3) is 4.63. The highest BCUT2D eigenvalue weighted by Gasteiger charge is 2.13. The zero-order valence-electron chi connectivity index (χ0n) is 13.8. The van der Waals surface area contributed by atoms with E-state index < -0.39 is 23.6 Å². The van der Waals surface area contributed by atoms with Crippen molar-refractivity contribution in [3.8, 4) is 0 Å². The van der Waals surface area contributed by atoms with Gasteiger partial charge in [0.15, 0.2) is 0 Å². The third-order valence-electron chi connectivity index (χ3n) is 3.46. The molecule has 0 heterocycles. The number of benzene rings is 2. The predicted octanol–water partition coefficient (Wildman–Crippen LogP) is 2.29. The molecule has 0 aliphatic carbocycles. The maximum atomic E-state index is 13.5. The molecule has 2 rings (SSSR count). The van der Waals surface area contributed by atoms with Gasteiger partial charge >= 0.3 is 5.97 Å². The van der Waals surface area contributed by atoms with E-state index in [-0.39, 0.29) is 12.1 Å². The molecule has 2 N–H and O–H groups in total. The summed E-state index contributed by atoms with van der Waals surface area (Å²) in [6.45, 7) is 1.42. The van der Waals surface area contributed by atoms with E-state index >= 15 is 0 Å². The largest absolute Gasteiger partial charge is 0.465 e. The third-order valence-corrected chi connectivity index (χ3v) is 3.46. The standard InChI is InChI=1S/C18H17FN2O4/c1-11-7-8-12(18(24)25-2)9-15(11)21-16(22)10-20-17(23)13-5-3-4-6-14(13)19/h3-9H,10H2,1-2H3,(H,20,23)(H,21,22). The molecule has 0 bridgehead atoms. The van der Waals surface area contributed by atoms with Crippen LogP contribution in [-0.4, -0.2) is 31.4 Å². The average molecular weight is 344 g/mol. The number of carbonyl (C=O) groups is 3. The van der Waals surface area contributed by atoms with E-state index in [0.29, 0.717) is 11.3 Å². The number of esters is 1. The first-order chi connectivity index (χ1) is 11.9. The molecule has 0 saturated heterocycles. The number of hydrogen-bond acceptors (Lipinski definition) is 4. The predicted molar refractivity (Wildman–Crippen MR) is 89.9 cm³/mol. The summed E-state index contributed by atoms with van der Waals surface area (Å²) in [6, 6.07) is 10.2. The van der Waals surface area contributed by atoms with Gasteiger partial charge in [0.1, 0.15) is 5.82 Å². The number of halogens is 1. The lowest BCUT2D eigenvalue weighted by Gasteiger charge is -2.11. The van der Waals surface area contributed by atoms with Gasteiger partial charge in [0.2, 0.25) is 5.91 Å². The van der Waals surface area contributed by atoms with Crippen LogP contribution in [0.15, 0.2) is 42.5 Å². The molecule has 7 heteroatoms. The zero-order valence-corrected chi connectivity index (χ0v) is 13.8. The molecule has 0 spiro atoms. The van der Waals surface area contributed by atoms with Gasteiger partial charge in [-0.15, -0.1) is 0 Å². The number of amides is 2. The molecule has 6 nitrogen and oxygen atoms in total. The van der Waals surface area contributed by atoms with Crippen molar-refractivity contribution in [2.75, 3.05) is 19.0 Å². The quantitative estimate of drug-likeness (QED) is 0.815. The van der Waals surface area contributed by atoms with Crippen molar-refractivity contribution in [2.45, 2.75) is 6.92 Å². The number of rotatable bonds is 5. The fraction of sp³-hybridized carbons (Fsp3) is 0.167. The van der Waals surface area contributed by atoms with Crippen LogP contribution in [0.2, 0.25) is 0 Å². The fourth-order valence-corrected chi connectivity index (χ4v) is 2.10. The highest BCUT2D eigenvalue weighted by atomic mass is 19.1. The normalized spacial score (nSPS) is 10.0. The van der Waals surface area contributed by atoms with Crippen molar-refractivity contribution in [1.82, 2.24) is 5.32 Å². The molecular weight excluding hydrogens is 327 g/mol. The molecule has 2 aromatic rings. The first kappa shape index (κ1) is 18.1. The van der Waals surface area contributed by atoms with Crippen LogP contribution in [-0.2, 0) is 9.53 Å². The van der Waals surface area contributed by atoms with Crippen LogP contribution in [0.3, 0.4) is 0 Å². The number of carbonyl (C=O) groups excluding carboxylic acids is 3. The lowest BCUT2D eigenvalue weighted by molar-refractivity contribution is -0.115. The smallest absolute Gasteiger partial charge is 0.337 e. The number of anilines is 1. The maximum absolute atomic E-state index is 13.5. The maximum Gasteiger partial charge on any atom is 0.337 e. The van der Waals surface area contributed by atoms with E-state index in [2.05, 4.69) is 15.4 Å². The van der Waals surface area contributed by atoms with Gasteiger partial charge < -0.3 is 15.4 Å². The van der Waals surface area contributed by atoms with Crippen molar-refractivity contribution < 1.29 is 23.5 Å². The second kappa shape index (κ2) is 8.05. The number of methoxy groups -OCH3 is 1. The molecule has 0 aromatic heterocycles. The van der Waals surface area contributed by atoms with Gasteiger partial charge in [-0.25, -0.2) is 9.18 Å². The molecule has 25 heavy (non-hydrogen) atoms. The summed E-state index contributed by atoms with van der Waals surface area (Å²) in [5.74, 6) is -2.38. The lowest BCUT2D eigenvalue weighted by atomic mass is 10.1. The molecular formula is C18H17FN2O4. The Bertz CT molecular complexity index is 820. The first-order valence-electron chi connectivity index (χ1n) is 7.44. The summed E-state index contributed by atoms with van der Waals surface area (Å²) in [4.78, 5) is 35.4. The van der Waals surface area contributed by atoms with Crippen LogP contribution in [0.1, 0.15) is 26.3 Å². The summed E-state index contributed by atoms with van der Waals surface area (Å²) in [5.41, 5.74) is 1.31. The van der Waals surface area contributed by atoms with Crippen LogP contribution in [0.5, 0.6) is 0 Å². The first-order valence-corrected chi connectivity index (χ1v) is 7.44. The van der Waals surface area contributed by atoms with Gasteiger partial charge in [-0.3, -0.25) is 9.59 Å². The molecule has 0 atom stereocenters. The summed E-state index contributed by atoms with van der Waals surface area (Å²) in [5, 5.41) is 4.94. The Kier molecular flexibility index (Phi) is 5.84. The van der Waals surface area contributed by atoms with E-state index in [0.717, 1.165) is 11.6 Å². The van der Waals surface area contributed by atoms with Gasteiger partial charge in [0, 0.05) is 5.69 Å². The Hall–Kier alpha value is -3.22. The molecule has 0 saturated carbocycles. The topological polar surface area (TPSA) is 84.5 Å². The second-order valence-corrected chi connectivity index (χ2v) is 5.23. The van der Waals surface area contributed by atoms with Gasteiger partial charge in [-0.1, -0.05) is 18.2 Å². The van der Waals surface area contributed by atoms with Crippen molar-refractivity contribution in [2.24, 2.45) is 0 Å². The minimum absolute atomic E-state index is 0.140. The summed E-state index contributed by atoms with van der Waals surface area (Å²) >= 11 is 0. The van der Waals surface area contributed by atoms with Crippen LogP contribution < -0.4 is 10.6 Å². The van der Waals surface area contributed by atoms with E-state index in [1.807, 2.05) is 0 Å². The van der Waals surface area contributed by atoms with Crippen LogP contribution >= 0.6 is 0 Å². The van der Waals surface area contributed by atoms with Crippen LogP contribution in [0, 0.1) is 12.7 Å². The Morgan fingerprint density at radius 3 is 2.52 bits per heavy atom. The fourth-order valence-electron chi connectivity index (χ4n) is 2.10. The Labute approximate surface area is 144 Å². The molecule has 0 fully saturated rings. The Morgan fingerprint density at radius 2 is 1.84 bits per heavy atom. The van der Waals surface area contributed by atoms with E-state index in [1.165, 1.54) is 31.4 Å². The second-order valence-electron chi connectivity index (χ2n) is 5.23. The Balaban J connectivity index is 2.00.